The van der Waals surface area contributed by atoms with Gasteiger partial charge in [-0.3, -0.25) is 8.92 Å². The van der Waals surface area contributed by atoms with Crippen molar-refractivity contribution in [2.24, 2.45) is 0 Å². The molecule has 0 saturated heterocycles. The Morgan fingerprint density at radius 3 is 1.25 bits per heavy atom. The molecule has 0 aliphatic rings. The first kappa shape index (κ1) is 8.87. The number of hydrogen-bond donors (Lipinski definition) is 0. The van der Waals surface area contributed by atoms with E-state index in [1.807, 2.05) is 0 Å². The van der Waals surface area contributed by atoms with Gasteiger partial charge >= 0.3 is 9.29 Å². The third-order valence-corrected chi connectivity index (χ3v) is 0. The standard InChI is InChI=1S/O2Si.H3P/c1-3-2;/h;1H3. The predicted octanol–water partition coefficient (Wildman–Crippen LogP) is -0.560. The highest BCUT2D eigenvalue weighted by molar-refractivity contribution is 6.92. The Morgan fingerprint density at radius 2 is 1.25 bits per heavy atom. The van der Waals surface area contributed by atoms with Gasteiger partial charge < -0.3 is 0 Å². The third-order valence-electron chi connectivity index (χ3n) is 0. The lowest BCUT2D eigenvalue weighted by Gasteiger charge is -0.944. The lowest BCUT2D eigenvalue weighted by molar-refractivity contribution is 0.497. The fraction of sp³-hybridized carbons (Fsp3) is 0. The minimum Gasteiger partial charge on any atom is -0.274 e. The van der Waals surface area contributed by atoms with Gasteiger partial charge in [0.1, 0.15) is 0 Å². The van der Waals surface area contributed by atoms with Crippen LogP contribution in [0.4, 0.5) is 0 Å². The maximum atomic E-state index is 8.40. The van der Waals surface area contributed by atoms with Gasteiger partial charge in [0.05, 0.1) is 0 Å². The van der Waals surface area contributed by atoms with Crippen molar-refractivity contribution in [2.75, 3.05) is 0 Å². The van der Waals surface area contributed by atoms with Gasteiger partial charge in [-0.2, -0.15) is 9.90 Å². The first-order valence-corrected chi connectivity index (χ1v) is 1.22. The number of rotatable bonds is 0. The molecule has 0 amide bonds. The maximum absolute atomic E-state index is 8.40. The van der Waals surface area contributed by atoms with Gasteiger partial charge in [0.25, 0.3) is 0 Å². The molecule has 24 valence electrons. The summed E-state index contributed by atoms with van der Waals surface area (Å²) in [7, 11) is -1.42. The first-order chi connectivity index (χ1) is 1.41. The molecule has 2 nitrogen and oxygen atoms in total. The van der Waals surface area contributed by atoms with Crippen molar-refractivity contribution in [1.29, 1.82) is 0 Å². The number of hydrogen-bond acceptors (Lipinski definition) is 2. The normalized spacial score (nSPS) is 2.00. The Morgan fingerprint density at radius 1 is 1.25 bits per heavy atom. The SMILES string of the molecule is O=[Si]=O.P. The molecule has 0 fully saturated rings. The fourth-order valence-corrected chi connectivity index (χ4v) is 0. The highest BCUT2D eigenvalue weighted by atomic mass is 31.0. The Labute approximate surface area is 29.2 Å². The molecule has 0 aromatic rings. The lowest BCUT2D eigenvalue weighted by atomic mass is 15.9. The minimum atomic E-state index is -1.42. The summed E-state index contributed by atoms with van der Waals surface area (Å²) in [6.45, 7) is 0. The van der Waals surface area contributed by atoms with Crippen LogP contribution in [0.2, 0.25) is 0 Å². The van der Waals surface area contributed by atoms with Gasteiger partial charge in [0.2, 0.25) is 0 Å². The average Bonchev–Trinajstić information content (AvgIpc) is 0.918. The Hall–Kier alpha value is 0.247. The monoisotopic (exact) mass is 94.0 g/mol. The van der Waals surface area contributed by atoms with Crippen LogP contribution in [0.25, 0.3) is 0 Å². The topological polar surface area (TPSA) is 34.1 Å². The summed E-state index contributed by atoms with van der Waals surface area (Å²) >= 11 is 0. The second-order valence-electron chi connectivity index (χ2n) is 0.0833. The van der Waals surface area contributed by atoms with E-state index in [0.29, 0.717) is 0 Å². The Balaban J connectivity index is 0. The van der Waals surface area contributed by atoms with E-state index in [0.717, 1.165) is 0 Å². The second kappa shape index (κ2) is 10.5. The molecule has 0 heterocycles. The molecular formula is H3O2PSi. The summed E-state index contributed by atoms with van der Waals surface area (Å²) in [6, 6.07) is 0. The second-order valence-corrected chi connectivity index (χ2v) is 0.250. The fourth-order valence-electron chi connectivity index (χ4n) is 0. The van der Waals surface area contributed by atoms with E-state index < -0.39 is 9.29 Å². The Kier molecular flexibility index (Phi) is 23.4. The summed E-state index contributed by atoms with van der Waals surface area (Å²) in [5.74, 6) is 0. The van der Waals surface area contributed by atoms with E-state index in [2.05, 4.69) is 0 Å². The van der Waals surface area contributed by atoms with Crippen molar-refractivity contribution >= 4 is 19.2 Å². The van der Waals surface area contributed by atoms with Crippen LogP contribution in [0.3, 0.4) is 0 Å². The summed E-state index contributed by atoms with van der Waals surface area (Å²) < 4.78 is 16.8. The predicted molar refractivity (Wildman–Crippen MR) is 18.2 cm³/mol. The molecule has 0 aliphatic heterocycles. The summed E-state index contributed by atoms with van der Waals surface area (Å²) in [5, 5.41) is 0. The van der Waals surface area contributed by atoms with E-state index in [4.69, 9.17) is 8.92 Å². The van der Waals surface area contributed by atoms with Crippen molar-refractivity contribution in [3.8, 4) is 0 Å². The van der Waals surface area contributed by atoms with Gasteiger partial charge in [-0.15, -0.1) is 0 Å². The van der Waals surface area contributed by atoms with Crippen molar-refractivity contribution in [2.45, 2.75) is 0 Å². The molecule has 0 spiro atoms. The third kappa shape index (κ3) is 57.3. The van der Waals surface area contributed by atoms with Gasteiger partial charge in [0.15, 0.2) is 0 Å². The zero-order valence-electron chi connectivity index (χ0n) is 2.02. The molecule has 0 radical (unpaired) electrons. The molecular weight excluding hydrogens is 91.1 g/mol. The van der Waals surface area contributed by atoms with Crippen LogP contribution < -0.4 is 0 Å². The van der Waals surface area contributed by atoms with Crippen LogP contribution in [-0.4, -0.2) is 9.29 Å². The van der Waals surface area contributed by atoms with Crippen molar-refractivity contribution < 1.29 is 8.92 Å². The minimum absolute atomic E-state index is 0. The van der Waals surface area contributed by atoms with Crippen LogP contribution in [0.1, 0.15) is 0 Å². The quantitative estimate of drug-likeness (QED) is 0.298. The van der Waals surface area contributed by atoms with Gasteiger partial charge in [-0.05, 0) is 0 Å². The van der Waals surface area contributed by atoms with E-state index in [9.17, 15) is 0 Å². The summed E-state index contributed by atoms with van der Waals surface area (Å²) in [5.41, 5.74) is 0. The highest BCUT2D eigenvalue weighted by Crippen LogP contribution is 0.861. The molecule has 1 atom stereocenters. The van der Waals surface area contributed by atoms with E-state index >= 15 is 0 Å². The Bertz CT molecular complexity index is 27.0. The van der Waals surface area contributed by atoms with Gasteiger partial charge in [-0.25, -0.2) is 0 Å². The average molecular weight is 94.1 g/mol. The molecule has 0 aliphatic carbocycles. The molecule has 4 heteroatoms. The van der Waals surface area contributed by atoms with Crippen molar-refractivity contribution in [3.05, 3.63) is 0 Å². The smallest absolute Gasteiger partial charge is 0.274 e. The van der Waals surface area contributed by atoms with Crippen LogP contribution >= 0.6 is 9.90 Å². The van der Waals surface area contributed by atoms with Crippen LogP contribution in [0.5, 0.6) is 0 Å². The van der Waals surface area contributed by atoms with E-state index in [-0.39, 0.29) is 9.90 Å². The van der Waals surface area contributed by atoms with Gasteiger partial charge in [0, 0.05) is 0 Å². The summed E-state index contributed by atoms with van der Waals surface area (Å²) in [6.07, 6.45) is 0. The van der Waals surface area contributed by atoms with E-state index in [1.54, 1.807) is 0 Å². The molecule has 0 saturated carbocycles. The van der Waals surface area contributed by atoms with Crippen molar-refractivity contribution in [1.82, 2.24) is 0 Å². The molecule has 4 heavy (non-hydrogen) atoms. The first-order valence-electron chi connectivity index (χ1n) is 0.408. The molecule has 0 N–H and O–H groups in total. The van der Waals surface area contributed by atoms with Crippen LogP contribution in [-0.2, 0) is 8.92 Å². The largest absolute Gasteiger partial charge is 0.549 e. The van der Waals surface area contributed by atoms with Gasteiger partial charge in [-0.1, -0.05) is 0 Å². The molecule has 1 unspecified atom stereocenters. The molecule has 0 bridgehead atoms. The van der Waals surface area contributed by atoms with Crippen LogP contribution in [0.15, 0.2) is 0 Å². The molecule has 0 aromatic heterocycles. The summed E-state index contributed by atoms with van der Waals surface area (Å²) in [4.78, 5) is 0. The maximum Gasteiger partial charge on any atom is 0.549 e. The zero-order chi connectivity index (χ0) is 2.71. The molecule has 0 rings (SSSR count). The highest BCUT2D eigenvalue weighted by Gasteiger charge is 1.22. The van der Waals surface area contributed by atoms with E-state index in [1.165, 1.54) is 0 Å². The van der Waals surface area contributed by atoms with Crippen LogP contribution in [0, 0.1) is 0 Å². The van der Waals surface area contributed by atoms with Crippen molar-refractivity contribution in [3.63, 3.8) is 0 Å². The lowest BCUT2D eigenvalue weighted by Crippen LogP contribution is -1.26. The molecule has 0 aromatic carbocycles. The zero-order valence-corrected chi connectivity index (χ0v) is 4.44.